The smallest absolute Gasteiger partial charge is 0.289 e. The van der Waals surface area contributed by atoms with E-state index in [9.17, 15) is 14.9 Å². The fraction of sp³-hybridized carbons (Fsp3) is 0. The number of hydrogen-bond acceptors (Lipinski definition) is 4. The number of benzene rings is 2. The van der Waals surface area contributed by atoms with E-state index in [0.717, 1.165) is 0 Å². The molecule has 0 amide bonds. The SMILES string of the molecule is O=C(C=CNc1ccc(Cl)c([N+](=O)[O-])c1)c1ccc(Cl)cc1. The summed E-state index contributed by atoms with van der Waals surface area (Å²) >= 11 is 11.5. The molecule has 0 saturated carbocycles. The van der Waals surface area contributed by atoms with Crippen molar-refractivity contribution in [1.29, 1.82) is 0 Å². The summed E-state index contributed by atoms with van der Waals surface area (Å²) in [7, 11) is 0. The molecule has 0 heterocycles. The number of halogens is 2. The zero-order valence-corrected chi connectivity index (χ0v) is 12.6. The van der Waals surface area contributed by atoms with E-state index in [1.165, 1.54) is 24.4 Å². The maximum absolute atomic E-state index is 11.9. The summed E-state index contributed by atoms with van der Waals surface area (Å²) in [6, 6.07) is 10.8. The number of nitro groups is 1. The lowest BCUT2D eigenvalue weighted by atomic mass is 10.1. The number of anilines is 1. The van der Waals surface area contributed by atoms with Crippen LogP contribution in [0.2, 0.25) is 10.0 Å². The Kier molecular flexibility index (Phi) is 5.14. The van der Waals surface area contributed by atoms with Gasteiger partial charge < -0.3 is 5.32 Å². The normalized spacial score (nSPS) is 10.6. The highest BCUT2D eigenvalue weighted by Crippen LogP contribution is 2.27. The van der Waals surface area contributed by atoms with Crippen LogP contribution in [0.1, 0.15) is 10.4 Å². The maximum atomic E-state index is 11.9. The van der Waals surface area contributed by atoms with E-state index >= 15 is 0 Å². The third-order valence-corrected chi connectivity index (χ3v) is 3.33. The van der Waals surface area contributed by atoms with Crippen molar-refractivity contribution in [3.05, 3.63) is 80.5 Å². The van der Waals surface area contributed by atoms with Gasteiger partial charge >= 0.3 is 0 Å². The van der Waals surface area contributed by atoms with Gasteiger partial charge in [-0.3, -0.25) is 14.9 Å². The van der Waals surface area contributed by atoms with Crippen LogP contribution in [-0.4, -0.2) is 10.7 Å². The number of hydrogen-bond donors (Lipinski definition) is 1. The Morgan fingerprint density at radius 2 is 1.82 bits per heavy atom. The summed E-state index contributed by atoms with van der Waals surface area (Å²) in [6.07, 6.45) is 2.73. The van der Waals surface area contributed by atoms with E-state index in [0.29, 0.717) is 16.3 Å². The highest BCUT2D eigenvalue weighted by molar-refractivity contribution is 6.32. The number of ketones is 1. The number of carbonyl (C=O) groups excluding carboxylic acids is 1. The summed E-state index contributed by atoms with van der Waals surface area (Å²) in [4.78, 5) is 22.1. The topological polar surface area (TPSA) is 72.2 Å². The summed E-state index contributed by atoms with van der Waals surface area (Å²) in [5.41, 5.74) is 0.741. The third kappa shape index (κ3) is 4.07. The molecule has 22 heavy (non-hydrogen) atoms. The largest absolute Gasteiger partial charge is 0.361 e. The first kappa shape index (κ1) is 16.0. The number of rotatable bonds is 5. The number of nitrogens with one attached hydrogen (secondary N) is 1. The molecule has 2 rings (SSSR count). The molecule has 0 fully saturated rings. The third-order valence-electron chi connectivity index (χ3n) is 2.76. The molecule has 0 saturated heterocycles. The van der Waals surface area contributed by atoms with Crippen molar-refractivity contribution in [3.63, 3.8) is 0 Å². The molecular weight excluding hydrogens is 327 g/mol. The molecule has 0 spiro atoms. The van der Waals surface area contributed by atoms with Crippen molar-refractivity contribution >= 4 is 40.4 Å². The molecule has 0 aliphatic rings. The molecule has 0 unspecified atom stereocenters. The first-order valence-electron chi connectivity index (χ1n) is 6.14. The first-order chi connectivity index (χ1) is 10.5. The van der Waals surface area contributed by atoms with Crippen LogP contribution >= 0.6 is 23.2 Å². The van der Waals surface area contributed by atoms with Crippen molar-refractivity contribution < 1.29 is 9.72 Å². The van der Waals surface area contributed by atoms with E-state index < -0.39 is 4.92 Å². The fourth-order valence-corrected chi connectivity index (χ4v) is 1.98. The molecule has 5 nitrogen and oxygen atoms in total. The van der Waals surface area contributed by atoms with Gasteiger partial charge in [0, 0.05) is 34.6 Å². The van der Waals surface area contributed by atoms with E-state index in [1.54, 1.807) is 30.3 Å². The van der Waals surface area contributed by atoms with Crippen LogP contribution in [0.25, 0.3) is 0 Å². The van der Waals surface area contributed by atoms with Crippen molar-refractivity contribution in [2.75, 3.05) is 5.32 Å². The van der Waals surface area contributed by atoms with Gasteiger partial charge in [0.2, 0.25) is 0 Å². The Morgan fingerprint density at radius 1 is 1.14 bits per heavy atom. The Bertz CT molecular complexity index is 743. The summed E-state index contributed by atoms with van der Waals surface area (Å²) < 4.78 is 0. The van der Waals surface area contributed by atoms with Gasteiger partial charge in [0.15, 0.2) is 5.78 Å². The standard InChI is InChI=1S/C15H10Cl2N2O3/c16-11-3-1-10(2-4-11)15(20)7-8-18-12-5-6-13(17)14(9-12)19(21)22/h1-9,18H. The van der Waals surface area contributed by atoms with Gasteiger partial charge in [0.05, 0.1) is 4.92 Å². The molecule has 2 aromatic carbocycles. The first-order valence-corrected chi connectivity index (χ1v) is 6.90. The monoisotopic (exact) mass is 336 g/mol. The van der Waals surface area contributed by atoms with Gasteiger partial charge in [0.25, 0.3) is 5.69 Å². The van der Waals surface area contributed by atoms with Crippen LogP contribution in [0.4, 0.5) is 11.4 Å². The quantitative estimate of drug-likeness (QED) is 0.371. The Balaban J connectivity index is 2.06. The number of carbonyl (C=O) groups is 1. The van der Waals surface area contributed by atoms with Gasteiger partial charge in [-0.05, 0) is 36.4 Å². The molecule has 1 N–H and O–H groups in total. The second-order valence-electron chi connectivity index (χ2n) is 4.27. The maximum Gasteiger partial charge on any atom is 0.289 e. The molecule has 0 atom stereocenters. The van der Waals surface area contributed by atoms with Crippen LogP contribution in [-0.2, 0) is 0 Å². The average Bonchev–Trinajstić information content (AvgIpc) is 2.49. The summed E-state index contributed by atoms with van der Waals surface area (Å²) in [6.45, 7) is 0. The highest BCUT2D eigenvalue weighted by Gasteiger charge is 2.12. The van der Waals surface area contributed by atoms with Crippen molar-refractivity contribution in [1.82, 2.24) is 0 Å². The van der Waals surface area contributed by atoms with E-state index in [2.05, 4.69) is 5.32 Å². The Morgan fingerprint density at radius 3 is 2.45 bits per heavy atom. The van der Waals surface area contributed by atoms with Crippen LogP contribution in [0, 0.1) is 10.1 Å². The molecule has 0 bridgehead atoms. The average molecular weight is 337 g/mol. The minimum Gasteiger partial charge on any atom is -0.361 e. The van der Waals surface area contributed by atoms with Crippen molar-refractivity contribution in [3.8, 4) is 0 Å². The Hall–Kier alpha value is -2.37. The predicted molar refractivity (Wildman–Crippen MR) is 86.7 cm³/mol. The van der Waals surface area contributed by atoms with E-state index in [4.69, 9.17) is 23.2 Å². The molecular formula is C15H10Cl2N2O3. The Labute approximate surface area is 136 Å². The fourth-order valence-electron chi connectivity index (χ4n) is 1.67. The minimum atomic E-state index is -0.573. The van der Waals surface area contributed by atoms with Crippen LogP contribution in [0.15, 0.2) is 54.7 Å². The van der Waals surface area contributed by atoms with Gasteiger partial charge in [-0.2, -0.15) is 0 Å². The van der Waals surface area contributed by atoms with Crippen molar-refractivity contribution in [2.24, 2.45) is 0 Å². The van der Waals surface area contributed by atoms with Crippen molar-refractivity contribution in [2.45, 2.75) is 0 Å². The van der Waals surface area contributed by atoms with Gasteiger partial charge in [0.1, 0.15) is 5.02 Å². The number of nitrogens with zero attached hydrogens (tertiary/aromatic N) is 1. The van der Waals surface area contributed by atoms with Crippen LogP contribution in [0.5, 0.6) is 0 Å². The highest BCUT2D eigenvalue weighted by atomic mass is 35.5. The minimum absolute atomic E-state index is 0.0526. The van der Waals surface area contributed by atoms with Crippen LogP contribution < -0.4 is 5.32 Å². The second-order valence-corrected chi connectivity index (χ2v) is 5.12. The summed E-state index contributed by atoms with van der Waals surface area (Å²) in [5.74, 6) is -0.215. The lowest BCUT2D eigenvalue weighted by Gasteiger charge is -2.02. The molecule has 0 aliphatic heterocycles. The van der Waals surface area contributed by atoms with Crippen LogP contribution in [0.3, 0.4) is 0 Å². The lowest BCUT2D eigenvalue weighted by molar-refractivity contribution is -0.384. The molecule has 2 aromatic rings. The molecule has 0 aromatic heterocycles. The zero-order chi connectivity index (χ0) is 16.1. The zero-order valence-electron chi connectivity index (χ0n) is 11.1. The predicted octanol–water partition coefficient (Wildman–Crippen LogP) is 4.71. The number of allylic oxidation sites excluding steroid dienone is 1. The van der Waals surface area contributed by atoms with Gasteiger partial charge in [-0.15, -0.1) is 0 Å². The molecule has 0 radical (unpaired) electrons. The second kappa shape index (κ2) is 7.06. The summed E-state index contributed by atoms with van der Waals surface area (Å²) in [5, 5.41) is 14.2. The number of nitro benzene ring substituents is 1. The molecule has 112 valence electrons. The van der Waals surface area contributed by atoms with Gasteiger partial charge in [-0.1, -0.05) is 23.2 Å². The van der Waals surface area contributed by atoms with E-state index in [1.807, 2.05) is 0 Å². The van der Waals surface area contributed by atoms with Gasteiger partial charge in [-0.25, -0.2) is 0 Å². The van der Waals surface area contributed by atoms with E-state index in [-0.39, 0.29) is 16.5 Å². The molecule has 7 heteroatoms. The lowest BCUT2D eigenvalue weighted by Crippen LogP contribution is -1.96. The molecule has 0 aliphatic carbocycles.